The van der Waals surface area contributed by atoms with Gasteiger partial charge in [-0.15, -0.1) is 0 Å². The van der Waals surface area contributed by atoms with E-state index in [1.807, 2.05) is 97.9 Å². The summed E-state index contributed by atoms with van der Waals surface area (Å²) in [6, 6.07) is 30.4. The summed E-state index contributed by atoms with van der Waals surface area (Å²) in [6.45, 7) is 3.09. The van der Waals surface area contributed by atoms with Crippen molar-refractivity contribution in [1.29, 1.82) is 0 Å². The van der Waals surface area contributed by atoms with Crippen LogP contribution in [0, 0.1) is 6.92 Å². The summed E-state index contributed by atoms with van der Waals surface area (Å²) in [6.07, 6.45) is 0. The quantitative estimate of drug-likeness (QED) is 0.201. The first-order chi connectivity index (χ1) is 18.9. The molecule has 0 saturated carbocycles. The third-order valence-electron chi connectivity index (χ3n) is 6.40. The minimum atomic E-state index is -0.556. The van der Waals surface area contributed by atoms with E-state index < -0.39 is 5.92 Å². The molecule has 39 heavy (non-hydrogen) atoms. The normalized spacial score (nSPS) is 11.4. The maximum absolute atomic E-state index is 13.3. The van der Waals surface area contributed by atoms with E-state index >= 15 is 0 Å². The van der Waals surface area contributed by atoms with Gasteiger partial charge in [0.05, 0.1) is 13.0 Å². The number of methoxy groups -OCH3 is 1. The van der Waals surface area contributed by atoms with Crippen molar-refractivity contribution in [2.45, 2.75) is 12.8 Å². The van der Waals surface area contributed by atoms with Gasteiger partial charge >= 0.3 is 0 Å². The summed E-state index contributed by atoms with van der Waals surface area (Å²) in [4.78, 5) is 26.1. The second kappa shape index (κ2) is 13.5. The maximum Gasteiger partial charge on any atom is 0.251 e. The van der Waals surface area contributed by atoms with Gasteiger partial charge in [-0.1, -0.05) is 65.7 Å². The van der Waals surface area contributed by atoms with Crippen molar-refractivity contribution in [2.24, 2.45) is 0 Å². The summed E-state index contributed by atoms with van der Waals surface area (Å²) in [5, 5.41) is 9.92. The SMILES string of the molecule is COc1ccc(NCCNC(=O)C(CNC(=O)c2cccc(C)c2)c2ccc(-c3ccc(Cl)cc3)cc2)cc1. The van der Waals surface area contributed by atoms with Crippen molar-refractivity contribution in [3.63, 3.8) is 0 Å². The first-order valence-corrected chi connectivity index (χ1v) is 13.2. The molecule has 6 nitrogen and oxygen atoms in total. The number of carbonyl (C=O) groups is 2. The number of ether oxygens (including phenoxy) is 1. The van der Waals surface area contributed by atoms with Crippen LogP contribution in [0.1, 0.15) is 27.4 Å². The summed E-state index contributed by atoms with van der Waals surface area (Å²) < 4.78 is 5.19. The smallest absolute Gasteiger partial charge is 0.251 e. The highest BCUT2D eigenvalue weighted by molar-refractivity contribution is 6.30. The third kappa shape index (κ3) is 7.85. The molecule has 0 bridgehead atoms. The minimum Gasteiger partial charge on any atom is -0.497 e. The zero-order valence-corrected chi connectivity index (χ0v) is 22.8. The predicted octanol–water partition coefficient (Wildman–Crippen LogP) is 6.07. The molecule has 0 fully saturated rings. The molecule has 0 aliphatic rings. The number of amides is 2. The van der Waals surface area contributed by atoms with Gasteiger partial charge in [0.2, 0.25) is 5.91 Å². The highest BCUT2D eigenvalue weighted by Crippen LogP contribution is 2.24. The summed E-state index contributed by atoms with van der Waals surface area (Å²) in [5.74, 6) is -0.142. The van der Waals surface area contributed by atoms with Gasteiger partial charge in [-0.3, -0.25) is 9.59 Å². The first-order valence-electron chi connectivity index (χ1n) is 12.8. The Morgan fingerprint density at radius 1 is 0.821 bits per heavy atom. The van der Waals surface area contributed by atoms with E-state index in [4.69, 9.17) is 16.3 Å². The van der Waals surface area contributed by atoms with Crippen LogP contribution in [0.15, 0.2) is 97.1 Å². The van der Waals surface area contributed by atoms with E-state index in [-0.39, 0.29) is 18.4 Å². The van der Waals surface area contributed by atoms with Crippen LogP contribution in [0.3, 0.4) is 0 Å². The molecule has 3 N–H and O–H groups in total. The fourth-order valence-corrected chi connectivity index (χ4v) is 4.35. The molecular formula is C32H32ClN3O3. The van der Waals surface area contributed by atoms with E-state index in [1.165, 1.54) is 0 Å². The number of halogens is 1. The summed E-state index contributed by atoms with van der Waals surface area (Å²) in [5.41, 5.74) is 5.36. The number of carbonyl (C=O) groups excluding carboxylic acids is 2. The van der Waals surface area contributed by atoms with Crippen molar-refractivity contribution in [3.8, 4) is 16.9 Å². The number of aryl methyl sites for hydroxylation is 1. The molecule has 200 valence electrons. The van der Waals surface area contributed by atoms with Gasteiger partial charge < -0.3 is 20.7 Å². The van der Waals surface area contributed by atoms with Crippen LogP contribution in [0.4, 0.5) is 5.69 Å². The van der Waals surface area contributed by atoms with Crippen LogP contribution in [-0.4, -0.2) is 38.6 Å². The standard InChI is InChI=1S/C32H32ClN3O3/c1-22-4-3-5-26(20-22)31(37)36-21-30(25-8-6-23(7-9-25)24-10-12-27(33)13-11-24)32(38)35-19-18-34-28-14-16-29(39-2)17-15-28/h3-17,20,30,34H,18-19,21H2,1-2H3,(H,35,38)(H,36,37). The van der Waals surface area contributed by atoms with Gasteiger partial charge in [-0.25, -0.2) is 0 Å². The predicted molar refractivity (Wildman–Crippen MR) is 158 cm³/mol. The average Bonchev–Trinajstić information content (AvgIpc) is 2.96. The largest absolute Gasteiger partial charge is 0.497 e. The molecule has 1 atom stereocenters. The highest BCUT2D eigenvalue weighted by atomic mass is 35.5. The van der Waals surface area contributed by atoms with Gasteiger partial charge in [0, 0.05) is 35.9 Å². The molecule has 4 aromatic rings. The lowest BCUT2D eigenvalue weighted by molar-refractivity contribution is -0.122. The molecular weight excluding hydrogens is 510 g/mol. The van der Waals surface area contributed by atoms with E-state index in [9.17, 15) is 9.59 Å². The van der Waals surface area contributed by atoms with Crippen molar-refractivity contribution >= 4 is 29.1 Å². The van der Waals surface area contributed by atoms with Crippen LogP contribution in [0.5, 0.6) is 5.75 Å². The Morgan fingerprint density at radius 3 is 2.13 bits per heavy atom. The third-order valence-corrected chi connectivity index (χ3v) is 6.65. The molecule has 2 amide bonds. The lowest BCUT2D eigenvalue weighted by Crippen LogP contribution is -2.39. The maximum atomic E-state index is 13.3. The van der Waals surface area contributed by atoms with Crippen molar-refractivity contribution in [2.75, 3.05) is 32.1 Å². The van der Waals surface area contributed by atoms with Crippen LogP contribution < -0.4 is 20.7 Å². The second-order valence-electron chi connectivity index (χ2n) is 9.21. The minimum absolute atomic E-state index is 0.157. The zero-order valence-electron chi connectivity index (χ0n) is 22.0. The Labute approximate surface area is 234 Å². The van der Waals surface area contributed by atoms with E-state index in [1.54, 1.807) is 13.2 Å². The molecule has 0 spiro atoms. The Hall–Kier alpha value is -4.29. The van der Waals surface area contributed by atoms with Crippen molar-refractivity contribution < 1.29 is 14.3 Å². The summed E-state index contributed by atoms with van der Waals surface area (Å²) >= 11 is 6.02. The Bertz CT molecular complexity index is 1390. The molecule has 1 unspecified atom stereocenters. The lowest BCUT2D eigenvalue weighted by atomic mass is 9.95. The Morgan fingerprint density at radius 2 is 1.49 bits per heavy atom. The van der Waals surface area contributed by atoms with E-state index in [2.05, 4.69) is 16.0 Å². The lowest BCUT2D eigenvalue weighted by Gasteiger charge is -2.19. The Balaban J connectivity index is 1.43. The molecule has 0 aliphatic heterocycles. The van der Waals surface area contributed by atoms with Gasteiger partial charge in [-0.2, -0.15) is 0 Å². The molecule has 7 heteroatoms. The topological polar surface area (TPSA) is 79.5 Å². The number of hydrogen-bond donors (Lipinski definition) is 3. The van der Waals surface area contributed by atoms with Crippen LogP contribution in [-0.2, 0) is 4.79 Å². The molecule has 4 aromatic carbocycles. The molecule has 0 saturated heterocycles. The number of rotatable bonds is 11. The fraction of sp³-hybridized carbons (Fsp3) is 0.188. The van der Waals surface area contributed by atoms with Gasteiger partial charge in [0.25, 0.3) is 5.91 Å². The molecule has 0 aromatic heterocycles. The molecule has 0 radical (unpaired) electrons. The van der Waals surface area contributed by atoms with Crippen LogP contribution in [0.2, 0.25) is 5.02 Å². The van der Waals surface area contributed by atoms with E-state index in [0.717, 1.165) is 33.7 Å². The van der Waals surface area contributed by atoms with Crippen LogP contribution >= 0.6 is 11.6 Å². The first kappa shape index (κ1) is 27.7. The van der Waals surface area contributed by atoms with Crippen LogP contribution in [0.25, 0.3) is 11.1 Å². The number of benzene rings is 4. The van der Waals surface area contributed by atoms with Gasteiger partial charge in [0.15, 0.2) is 0 Å². The van der Waals surface area contributed by atoms with Crippen molar-refractivity contribution in [1.82, 2.24) is 10.6 Å². The van der Waals surface area contributed by atoms with Gasteiger partial charge in [-0.05, 0) is 72.1 Å². The Kier molecular flexibility index (Phi) is 9.59. The summed E-state index contributed by atoms with van der Waals surface area (Å²) in [7, 11) is 1.63. The van der Waals surface area contributed by atoms with E-state index in [0.29, 0.717) is 23.7 Å². The highest BCUT2D eigenvalue weighted by Gasteiger charge is 2.22. The van der Waals surface area contributed by atoms with Crippen molar-refractivity contribution in [3.05, 3.63) is 119 Å². The average molecular weight is 542 g/mol. The molecule has 4 rings (SSSR count). The number of hydrogen-bond acceptors (Lipinski definition) is 4. The van der Waals surface area contributed by atoms with Gasteiger partial charge in [0.1, 0.15) is 5.75 Å². The molecule has 0 heterocycles. The number of anilines is 1. The monoisotopic (exact) mass is 541 g/mol. The second-order valence-corrected chi connectivity index (χ2v) is 9.64. The zero-order chi connectivity index (χ0) is 27.6. The fourth-order valence-electron chi connectivity index (χ4n) is 4.22. The molecule has 0 aliphatic carbocycles. The number of nitrogens with one attached hydrogen (secondary N) is 3.